The van der Waals surface area contributed by atoms with Crippen molar-refractivity contribution in [3.63, 3.8) is 0 Å². The summed E-state index contributed by atoms with van der Waals surface area (Å²) in [6, 6.07) is 0. The Morgan fingerprint density at radius 2 is 2.00 bits per heavy atom. The lowest BCUT2D eigenvalue weighted by Crippen LogP contribution is -2.35. The third-order valence-electron chi connectivity index (χ3n) is 4.23. The van der Waals surface area contributed by atoms with Crippen molar-refractivity contribution < 1.29 is 4.74 Å². The van der Waals surface area contributed by atoms with Gasteiger partial charge < -0.3 is 10.5 Å². The van der Waals surface area contributed by atoms with Gasteiger partial charge in [-0.25, -0.2) is 0 Å². The van der Waals surface area contributed by atoms with Crippen molar-refractivity contribution in [2.45, 2.75) is 51.9 Å². The van der Waals surface area contributed by atoms with E-state index < -0.39 is 0 Å². The van der Waals surface area contributed by atoms with Gasteiger partial charge in [-0.2, -0.15) is 0 Å². The quantitative estimate of drug-likeness (QED) is 0.688. The van der Waals surface area contributed by atoms with Gasteiger partial charge in [0.15, 0.2) is 0 Å². The van der Waals surface area contributed by atoms with E-state index in [0.717, 1.165) is 19.1 Å². The van der Waals surface area contributed by atoms with Crippen LogP contribution in [0.15, 0.2) is 0 Å². The number of hydrogen-bond acceptors (Lipinski definition) is 2. The Kier molecular flexibility index (Phi) is 5.62. The summed E-state index contributed by atoms with van der Waals surface area (Å²) in [6.07, 6.45) is 9.23. The minimum atomic E-state index is 0.449. The Morgan fingerprint density at radius 3 is 2.47 bits per heavy atom. The van der Waals surface area contributed by atoms with Crippen LogP contribution < -0.4 is 5.73 Å². The molecule has 15 heavy (non-hydrogen) atoms. The molecule has 0 spiro atoms. The summed E-state index contributed by atoms with van der Waals surface area (Å²) < 4.78 is 5.12. The first-order chi connectivity index (χ1) is 7.26. The maximum absolute atomic E-state index is 5.97. The van der Waals surface area contributed by atoms with Crippen molar-refractivity contribution in [3.05, 3.63) is 0 Å². The predicted molar refractivity (Wildman–Crippen MR) is 64.8 cm³/mol. The molecule has 1 rings (SSSR count). The molecule has 2 N–H and O–H groups in total. The predicted octanol–water partition coefficient (Wildman–Crippen LogP) is 2.96. The summed E-state index contributed by atoms with van der Waals surface area (Å²) in [7, 11) is 1.78. The van der Waals surface area contributed by atoms with E-state index in [2.05, 4.69) is 6.92 Å². The molecule has 1 saturated carbocycles. The molecule has 0 bridgehead atoms. The van der Waals surface area contributed by atoms with Crippen LogP contribution in [0.3, 0.4) is 0 Å². The Balaban J connectivity index is 2.34. The topological polar surface area (TPSA) is 35.2 Å². The van der Waals surface area contributed by atoms with Crippen LogP contribution in [0.1, 0.15) is 51.9 Å². The highest BCUT2D eigenvalue weighted by Crippen LogP contribution is 2.42. The summed E-state index contributed by atoms with van der Waals surface area (Å²) in [5.41, 5.74) is 6.42. The van der Waals surface area contributed by atoms with Crippen LogP contribution >= 0.6 is 0 Å². The summed E-state index contributed by atoms with van der Waals surface area (Å²) in [4.78, 5) is 0. The first kappa shape index (κ1) is 13.0. The van der Waals surface area contributed by atoms with E-state index in [1.54, 1.807) is 7.11 Å². The Bertz CT molecular complexity index is 156. The van der Waals surface area contributed by atoms with Gasteiger partial charge in [-0.15, -0.1) is 0 Å². The van der Waals surface area contributed by atoms with Crippen LogP contribution in [0.2, 0.25) is 0 Å². The summed E-state index contributed by atoms with van der Waals surface area (Å²) >= 11 is 0. The van der Waals surface area contributed by atoms with Crippen molar-refractivity contribution in [3.8, 4) is 0 Å². The average Bonchev–Trinajstić information content (AvgIpc) is 2.30. The molecule has 0 atom stereocenters. The van der Waals surface area contributed by atoms with Crippen molar-refractivity contribution in [2.24, 2.45) is 17.1 Å². The standard InChI is InChI=1S/C13H27NO/c1-3-12-5-8-13(11-14,9-6-12)7-4-10-15-2/h12H,3-11,14H2,1-2H3. The number of nitrogens with two attached hydrogens (primary N) is 1. The lowest BCUT2D eigenvalue weighted by molar-refractivity contribution is 0.117. The van der Waals surface area contributed by atoms with Crippen LogP contribution in [0.4, 0.5) is 0 Å². The number of ether oxygens (including phenoxy) is 1. The van der Waals surface area contributed by atoms with Crippen LogP contribution in [-0.2, 0) is 4.74 Å². The maximum Gasteiger partial charge on any atom is 0.0462 e. The van der Waals surface area contributed by atoms with Gasteiger partial charge in [-0.1, -0.05) is 13.3 Å². The minimum Gasteiger partial charge on any atom is -0.385 e. The van der Waals surface area contributed by atoms with Crippen molar-refractivity contribution in [1.29, 1.82) is 0 Å². The van der Waals surface area contributed by atoms with E-state index in [1.807, 2.05) is 0 Å². The van der Waals surface area contributed by atoms with Gasteiger partial charge in [0.05, 0.1) is 0 Å². The van der Waals surface area contributed by atoms with Gasteiger partial charge >= 0.3 is 0 Å². The second kappa shape index (κ2) is 6.49. The Hall–Kier alpha value is -0.0800. The van der Waals surface area contributed by atoms with Crippen LogP contribution in [0.25, 0.3) is 0 Å². The second-order valence-electron chi connectivity index (χ2n) is 5.15. The lowest BCUT2D eigenvalue weighted by atomic mass is 9.67. The van der Waals surface area contributed by atoms with Gasteiger partial charge in [0, 0.05) is 13.7 Å². The fourth-order valence-corrected chi connectivity index (χ4v) is 2.85. The zero-order valence-corrected chi connectivity index (χ0v) is 10.4. The van der Waals surface area contributed by atoms with Crippen LogP contribution in [0, 0.1) is 11.3 Å². The molecule has 0 aliphatic heterocycles. The molecule has 0 aromatic carbocycles. The van der Waals surface area contributed by atoms with Crippen LogP contribution in [0.5, 0.6) is 0 Å². The number of hydrogen-bond donors (Lipinski definition) is 1. The number of rotatable bonds is 6. The first-order valence-electron chi connectivity index (χ1n) is 6.45. The highest BCUT2D eigenvalue weighted by molar-refractivity contribution is 4.86. The van der Waals surface area contributed by atoms with E-state index in [4.69, 9.17) is 10.5 Å². The molecular weight excluding hydrogens is 186 g/mol. The van der Waals surface area contributed by atoms with Gasteiger partial charge in [-0.05, 0) is 56.4 Å². The monoisotopic (exact) mass is 213 g/mol. The van der Waals surface area contributed by atoms with Crippen LogP contribution in [-0.4, -0.2) is 20.3 Å². The van der Waals surface area contributed by atoms with Crippen molar-refractivity contribution in [2.75, 3.05) is 20.3 Å². The summed E-state index contributed by atoms with van der Waals surface area (Å²) in [5, 5.41) is 0. The molecule has 0 unspecified atom stereocenters. The van der Waals surface area contributed by atoms with Gasteiger partial charge in [0.25, 0.3) is 0 Å². The zero-order chi connectivity index (χ0) is 11.1. The average molecular weight is 213 g/mol. The molecule has 90 valence electrons. The van der Waals surface area contributed by atoms with E-state index in [0.29, 0.717) is 5.41 Å². The number of methoxy groups -OCH3 is 1. The first-order valence-corrected chi connectivity index (χ1v) is 6.45. The molecule has 0 radical (unpaired) electrons. The molecule has 1 aliphatic carbocycles. The molecule has 2 nitrogen and oxygen atoms in total. The lowest BCUT2D eigenvalue weighted by Gasteiger charge is -2.39. The summed E-state index contributed by atoms with van der Waals surface area (Å²) in [5.74, 6) is 0.965. The van der Waals surface area contributed by atoms with Gasteiger partial charge in [-0.3, -0.25) is 0 Å². The second-order valence-corrected chi connectivity index (χ2v) is 5.15. The fourth-order valence-electron chi connectivity index (χ4n) is 2.85. The Labute approximate surface area is 94.6 Å². The molecule has 2 heteroatoms. The third kappa shape index (κ3) is 3.76. The van der Waals surface area contributed by atoms with E-state index >= 15 is 0 Å². The molecule has 0 amide bonds. The molecule has 1 fully saturated rings. The van der Waals surface area contributed by atoms with Gasteiger partial charge in [0.1, 0.15) is 0 Å². The SMILES string of the molecule is CCC1CCC(CN)(CCCOC)CC1. The Morgan fingerprint density at radius 1 is 1.33 bits per heavy atom. The molecular formula is C13H27NO. The van der Waals surface area contributed by atoms with E-state index in [9.17, 15) is 0 Å². The fraction of sp³-hybridized carbons (Fsp3) is 1.00. The maximum atomic E-state index is 5.97. The zero-order valence-electron chi connectivity index (χ0n) is 10.4. The normalized spacial score (nSPS) is 31.8. The van der Waals surface area contributed by atoms with Gasteiger partial charge in [0.2, 0.25) is 0 Å². The highest BCUT2D eigenvalue weighted by Gasteiger charge is 2.32. The minimum absolute atomic E-state index is 0.449. The third-order valence-corrected chi connectivity index (χ3v) is 4.23. The smallest absolute Gasteiger partial charge is 0.0462 e. The van der Waals surface area contributed by atoms with E-state index in [1.165, 1.54) is 44.9 Å². The molecule has 1 aliphatic rings. The molecule has 0 saturated heterocycles. The molecule has 0 aromatic rings. The summed E-state index contributed by atoms with van der Waals surface area (Å²) in [6.45, 7) is 4.07. The molecule has 0 heterocycles. The molecule has 0 aromatic heterocycles. The largest absolute Gasteiger partial charge is 0.385 e. The highest BCUT2D eigenvalue weighted by atomic mass is 16.5. The van der Waals surface area contributed by atoms with Crippen molar-refractivity contribution >= 4 is 0 Å². The van der Waals surface area contributed by atoms with Crippen molar-refractivity contribution in [1.82, 2.24) is 0 Å². The van der Waals surface area contributed by atoms with E-state index in [-0.39, 0.29) is 0 Å².